The minimum Gasteiger partial charge on any atom is -0.452 e. The van der Waals surface area contributed by atoms with Crippen LogP contribution in [0, 0.1) is 0 Å². The smallest absolute Gasteiger partial charge is 0.340 e. The van der Waals surface area contributed by atoms with E-state index in [-0.39, 0.29) is 15.5 Å². The average molecular weight is 397 g/mol. The van der Waals surface area contributed by atoms with Crippen LogP contribution in [-0.2, 0) is 26.1 Å². The summed E-state index contributed by atoms with van der Waals surface area (Å²) in [4.78, 5) is 23.8. The quantitative estimate of drug-likeness (QED) is 0.694. The lowest BCUT2D eigenvalue weighted by atomic mass is 10.2. The zero-order valence-corrected chi connectivity index (χ0v) is 15.4. The van der Waals surface area contributed by atoms with E-state index in [1.807, 2.05) is 30.3 Å². The fourth-order valence-electron chi connectivity index (χ4n) is 2.00. The van der Waals surface area contributed by atoms with Crippen LogP contribution in [0.2, 0.25) is 5.02 Å². The molecule has 0 aliphatic rings. The minimum absolute atomic E-state index is 0.0229. The number of ether oxygens (including phenoxy) is 1. The second-order valence-corrected chi connectivity index (χ2v) is 7.48. The third-order valence-electron chi connectivity index (χ3n) is 3.40. The maximum absolute atomic E-state index is 12.1. The summed E-state index contributed by atoms with van der Waals surface area (Å²) in [6.45, 7) is -0.209. The van der Waals surface area contributed by atoms with Gasteiger partial charge in [0, 0.05) is 6.54 Å². The topological polar surface area (TPSA) is 102 Å². The molecule has 0 saturated carbocycles. The second kappa shape index (κ2) is 8.79. The predicted molar refractivity (Wildman–Crippen MR) is 96.3 cm³/mol. The van der Waals surface area contributed by atoms with Gasteiger partial charge >= 0.3 is 5.97 Å². The van der Waals surface area contributed by atoms with Crippen LogP contribution in [0.5, 0.6) is 0 Å². The Labute approximate surface area is 156 Å². The molecule has 2 aromatic carbocycles. The van der Waals surface area contributed by atoms with Crippen molar-refractivity contribution in [2.24, 2.45) is 0 Å². The molecule has 2 aromatic rings. The minimum atomic E-state index is -3.74. The molecule has 138 valence electrons. The number of esters is 1. The summed E-state index contributed by atoms with van der Waals surface area (Å²) in [5.41, 5.74) is 0.763. The number of benzene rings is 2. The molecule has 0 radical (unpaired) electrons. The third-order valence-corrected chi connectivity index (χ3v) is 5.15. The van der Waals surface area contributed by atoms with Gasteiger partial charge < -0.3 is 10.1 Å². The van der Waals surface area contributed by atoms with Crippen molar-refractivity contribution in [3.05, 3.63) is 64.7 Å². The lowest BCUT2D eigenvalue weighted by Crippen LogP contribution is -2.28. The van der Waals surface area contributed by atoms with E-state index in [0.717, 1.165) is 11.6 Å². The molecular formula is C17H17ClN2O5S. The fraction of sp³-hybridized carbons (Fsp3) is 0.176. The molecule has 0 aliphatic carbocycles. The van der Waals surface area contributed by atoms with Crippen molar-refractivity contribution in [2.45, 2.75) is 11.4 Å². The summed E-state index contributed by atoms with van der Waals surface area (Å²) in [6.07, 6.45) is 0. The number of nitrogens with one attached hydrogen (secondary N) is 2. The molecule has 0 saturated heterocycles. The number of amides is 1. The number of carbonyl (C=O) groups is 2. The van der Waals surface area contributed by atoms with Crippen LogP contribution >= 0.6 is 11.6 Å². The maximum atomic E-state index is 12.1. The van der Waals surface area contributed by atoms with Gasteiger partial charge in [0.15, 0.2) is 6.61 Å². The summed E-state index contributed by atoms with van der Waals surface area (Å²) in [5.74, 6) is -1.38. The molecule has 26 heavy (non-hydrogen) atoms. The number of halogens is 1. The molecule has 0 bridgehead atoms. The Hall–Kier alpha value is -2.42. The Morgan fingerprint density at radius 1 is 1.12 bits per heavy atom. The van der Waals surface area contributed by atoms with Crippen molar-refractivity contribution in [3.8, 4) is 0 Å². The second-order valence-electron chi connectivity index (χ2n) is 5.19. The van der Waals surface area contributed by atoms with E-state index in [9.17, 15) is 18.0 Å². The van der Waals surface area contributed by atoms with Gasteiger partial charge in [0.2, 0.25) is 10.0 Å². The van der Waals surface area contributed by atoms with Crippen molar-refractivity contribution in [3.63, 3.8) is 0 Å². The van der Waals surface area contributed by atoms with Gasteiger partial charge in [0.05, 0.1) is 15.5 Å². The Bertz CT molecular complexity index is 901. The van der Waals surface area contributed by atoms with Crippen LogP contribution in [0.15, 0.2) is 53.4 Å². The molecule has 0 heterocycles. The summed E-state index contributed by atoms with van der Waals surface area (Å²) in [6, 6.07) is 12.9. The highest BCUT2D eigenvalue weighted by atomic mass is 35.5. The van der Waals surface area contributed by atoms with Gasteiger partial charge in [0.25, 0.3) is 5.91 Å². The average Bonchev–Trinajstić information content (AvgIpc) is 2.65. The normalized spacial score (nSPS) is 11.0. The predicted octanol–water partition coefficient (Wildman–Crippen LogP) is 1.72. The largest absolute Gasteiger partial charge is 0.452 e. The standard InChI is InChI=1S/C17H17ClN2O5S/c1-19-26(23,24)13-7-8-15(18)14(9-13)17(22)25-11-16(21)20-10-12-5-3-2-4-6-12/h2-9,19H,10-11H2,1H3,(H,20,21). The molecule has 0 aromatic heterocycles. The van der Waals surface area contributed by atoms with E-state index in [1.165, 1.54) is 19.2 Å². The molecule has 7 nitrogen and oxygen atoms in total. The van der Waals surface area contributed by atoms with Crippen molar-refractivity contribution in [2.75, 3.05) is 13.7 Å². The van der Waals surface area contributed by atoms with E-state index in [4.69, 9.17) is 16.3 Å². The van der Waals surface area contributed by atoms with Gasteiger partial charge in [0.1, 0.15) is 0 Å². The zero-order valence-electron chi connectivity index (χ0n) is 13.9. The Morgan fingerprint density at radius 2 is 1.81 bits per heavy atom. The lowest BCUT2D eigenvalue weighted by molar-refractivity contribution is -0.124. The SMILES string of the molecule is CNS(=O)(=O)c1ccc(Cl)c(C(=O)OCC(=O)NCc2ccccc2)c1. The van der Waals surface area contributed by atoms with Gasteiger partial charge in [-0.1, -0.05) is 41.9 Å². The fourth-order valence-corrected chi connectivity index (χ4v) is 2.95. The molecule has 2 N–H and O–H groups in total. The number of rotatable bonds is 7. The van der Waals surface area contributed by atoms with Crippen LogP contribution in [0.3, 0.4) is 0 Å². The summed E-state index contributed by atoms with van der Waals surface area (Å²) in [5, 5.41) is 2.63. The number of hydrogen-bond acceptors (Lipinski definition) is 5. The van der Waals surface area contributed by atoms with E-state index < -0.39 is 28.5 Å². The van der Waals surface area contributed by atoms with E-state index >= 15 is 0 Å². The van der Waals surface area contributed by atoms with Gasteiger partial charge in [-0.25, -0.2) is 17.9 Å². The van der Waals surface area contributed by atoms with E-state index in [2.05, 4.69) is 10.0 Å². The van der Waals surface area contributed by atoms with Gasteiger partial charge in [-0.2, -0.15) is 0 Å². The first-order valence-electron chi connectivity index (χ1n) is 7.54. The summed E-state index contributed by atoms with van der Waals surface area (Å²) >= 11 is 5.92. The van der Waals surface area contributed by atoms with Crippen molar-refractivity contribution >= 4 is 33.5 Å². The van der Waals surface area contributed by atoms with E-state index in [1.54, 1.807) is 0 Å². The molecule has 0 aliphatic heterocycles. The van der Waals surface area contributed by atoms with Crippen LogP contribution < -0.4 is 10.0 Å². The highest BCUT2D eigenvalue weighted by Gasteiger charge is 2.19. The number of hydrogen-bond donors (Lipinski definition) is 2. The van der Waals surface area contributed by atoms with Crippen LogP contribution in [0.4, 0.5) is 0 Å². The molecule has 2 rings (SSSR count). The summed E-state index contributed by atoms with van der Waals surface area (Å²) < 4.78 is 30.7. The molecule has 0 unspecified atom stereocenters. The molecule has 9 heteroatoms. The molecule has 0 spiro atoms. The van der Waals surface area contributed by atoms with Crippen molar-refractivity contribution in [1.82, 2.24) is 10.0 Å². The Morgan fingerprint density at radius 3 is 2.46 bits per heavy atom. The van der Waals surface area contributed by atoms with Crippen LogP contribution in [0.1, 0.15) is 15.9 Å². The van der Waals surface area contributed by atoms with Gasteiger partial charge in [-0.15, -0.1) is 0 Å². The third kappa shape index (κ3) is 5.29. The Balaban J connectivity index is 1.97. The maximum Gasteiger partial charge on any atom is 0.340 e. The van der Waals surface area contributed by atoms with Gasteiger partial charge in [-0.3, -0.25) is 4.79 Å². The van der Waals surface area contributed by atoms with E-state index in [0.29, 0.717) is 6.54 Å². The first-order chi connectivity index (χ1) is 12.3. The Kier molecular flexibility index (Phi) is 6.73. The molecule has 1 amide bonds. The molecule has 0 atom stereocenters. The molecule has 0 fully saturated rings. The van der Waals surface area contributed by atoms with Crippen LogP contribution in [0.25, 0.3) is 0 Å². The van der Waals surface area contributed by atoms with Crippen molar-refractivity contribution in [1.29, 1.82) is 0 Å². The molecular weight excluding hydrogens is 380 g/mol. The monoisotopic (exact) mass is 396 g/mol. The first kappa shape index (κ1) is 19.9. The highest BCUT2D eigenvalue weighted by molar-refractivity contribution is 7.89. The van der Waals surface area contributed by atoms with Crippen LogP contribution in [-0.4, -0.2) is 33.9 Å². The number of carbonyl (C=O) groups excluding carboxylic acids is 2. The lowest BCUT2D eigenvalue weighted by Gasteiger charge is -2.09. The number of sulfonamides is 1. The summed E-state index contributed by atoms with van der Waals surface area (Å²) in [7, 11) is -2.49. The first-order valence-corrected chi connectivity index (χ1v) is 9.40. The van der Waals surface area contributed by atoms with Gasteiger partial charge in [-0.05, 0) is 30.8 Å². The van der Waals surface area contributed by atoms with Crippen molar-refractivity contribution < 1.29 is 22.7 Å². The zero-order chi connectivity index (χ0) is 19.2. The highest BCUT2D eigenvalue weighted by Crippen LogP contribution is 2.21.